The Labute approximate surface area is 138 Å². The fraction of sp³-hybridized carbons (Fsp3) is 0.579. The van der Waals surface area contributed by atoms with Gasteiger partial charge in [-0.25, -0.2) is 0 Å². The van der Waals surface area contributed by atoms with E-state index in [4.69, 9.17) is 0 Å². The highest BCUT2D eigenvalue weighted by Gasteiger charge is 2.37. The third kappa shape index (κ3) is 3.57. The van der Waals surface area contributed by atoms with Gasteiger partial charge in [0.2, 0.25) is 11.8 Å². The maximum absolute atomic E-state index is 12.7. The number of nitrogens with zero attached hydrogens (tertiary/aromatic N) is 2. The van der Waals surface area contributed by atoms with E-state index in [-0.39, 0.29) is 17.9 Å². The molecule has 23 heavy (non-hydrogen) atoms. The highest BCUT2D eigenvalue weighted by molar-refractivity contribution is 6.01. The van der Waals surface area contributed by atoms with Crippen LogP contribution >= 0.6 is 0 Å². The van der Waals surface area contributed by atoms with Gasteiger partial charge in [-0.05, 0) is 37.3 Å². The summed E-state index contributed by atoms with van der Waals surface area (Å²) >= 11 is 0. The molecular weight excluding hydrogens is 288 g/mol. The van der Waals surface area contributed by atoms with Crippen LogP contribution in [0.2, 0.25) is 0 Å². The summed E-state index contributed by atoms with van der Waals surface area (Å²) in [5.41, 5.74) is 0.924. The van der Waals surface area contributed by atoms with Crippen LogP contribution in [0.4, 0.5) is 5.69 Å². The molecule has 124 valence electrons. The van der Waals surface area contributed by atoms with Crippen molar-refractivity contribution in [2.75, 3.05) is 18.5 Å². The Bertz CT molecular complexity index is 552. The second-order valence-corrected chi connectivity index (χ2v) is 6.84. The Morgan fingerprint density at radius 1 is 1.13 bits per heavy atom. The summed E-state index contributed by atoms with van der Waals surface area (Å²) in [7, 11) is 1.79. The van der Waals surface area contributed by atoms with Crippen LogP contribution in [0, 0.1) is 5.92 Å². The van der Waals surface area contributed by atoms with E-state index >= 15 is 0 Å². The summed E-state index contributed by atoms with van der Waals surface area (Å²) in [5, 5.41) is 0. The van der Waals surface area contributed by atoms with Crippen LogP contribution in [0.25, 0.3) is 0 Å². The quantitative estimate of drug-likeness (QED) is 0.856. The highest BCUT2D eigenvalue weighted by Crippen LogP contribution is 2.28. The fourth-order valence-electron chi connectivity index (χ4n) is 3.84. The molecule has 1 atom stereocenters. The van der Waals surface area contributed by atoms with Crippen LogP contribution in [0.5, 0.6) is 0 Å². The SMILES string of the molecule is CN(C(=O)CC1CCCCC1)C1CCN(c2ccccc2)C1=O. The van der Waals surface area contributed by atoms with Gasteiger partial charge in [0.05, 0.1) is 0 Å². The number of hydrogen-bond donors (Lipinski definition) is 0. The molecule has 4 nitrogen and oxygen atoms in total. The van der Waals surface area contributed by atoms with Crippen molar-refractivity contribution < 1.29 is 9.59 Å². The molecule has 1 saturated carbocycles. The first-order chi connectivity index (χ1) is 11.2. The number of para-hydroxylation sites is 1. The molecule has 0 aromatic heterocycles. The van der Waals surface area contributed by atoms with E-state index in [0.717, 1.165) is 24.9 Å². The Balaban J connectivity index is 1.60. The Morgan fingerprint density at radius 2 is 1.83 bits per heavy atom. The van der Waals surface area contributed by atoms with Crippen LogP contribution in [-0.2, 0) is 9.59 Å². The lowest BCUT2D eigenvalue weighted by atomic mass is 9.86. The Hall–Kier alpha value is -1.84. The molecule has 1 saturated heterocycles. The van der Waals surface area contributed by atoms with Crippen LogP contribution in [-0.4, -0.2) is 36.3 Å². The van der Waals surface area contributed by atoms with Gasteiger partial charge in [-0.15, -0.1) is 0 Å². The highest BCUT2D eigenvalue weighted by atomic mass is 16.2. The Kier molecular flexibility index (Phi) is 4.99. The molecule has 0 radical (unpaired) electrons. The average molecular weight is 314 g/mol. The zero-order valence-electron chi connectivity index (χ0n) is 13.9. The summed E-state index contributed by atoms with van der Waals surface area (Å²) < 4.78 is 0. The number of rotatable bonds is 4. The lowest BCUT2D eigenvalue weighted by Crippen LogP contribution is -2.43. The molecule has 0 spiro atoms. The smallest absolute Gasteiger partial charge is 0.249 e. The molecule has 2 aliphatic rings. The zero-order valence-corrected chi connectivity index (χ0v) is 13.9. The van der Waals surface area contributed by atoms with Crippen molar-refractivity contribution in [3.8, 4) is 0 Å². The topological polar surface area (TPSA) is 40.6 Å². The molecule has 0 bridgehead atoms. The average Bonchev–Trinajstić information content (AvgIpc) is 2.97. The third-order valence-electron chi connectivity index (χ3n) is 5.29. The van der Waals surface area contributed by atoms with Gasteiger partial charge in [0.1, 0.15) is 6.04 Å². The van der Waals surface area contributed by atoms with E-state index in [2.05, 4.69) is 0 Å². The second kappa shape index (κ2) is 7.16. The van der Waals surface area contributed by atoms with Gasteiger partial charge in [0.15, 0.2) is 0 Å². The van der Waals surface area contributed by atoms with Crippen molar-refractivity contribution in [1.82, 2.24) is 4.90 Å². The first-order valence-electron chi connectivity index (χ1n) is 8.79. The van der Waals surface area contributed by atoms with E-state index in [1.54, 1.807) is 16.8 Å². The number of carbonyl (C=O) groups is 2. The van der Waals surface area contributed by atoms with E-state index in [1.165, 1.54) is 19.3 Å². The number of amides is 2. The molecule has 1 aromatic carbocycles. The maximum Gasteiger partial charge on any atom is 0.249 e. The van der Waals surface area contributed by atoms with Crippen molar-refractivity contribution in [2.45, 2.75) is 51.0 Å². The van der Waals surface area contributed by atoms with Gasteiger partial charge >= 0.3 is 0 Å². The number of carbonyl (C=O) groups excluding carboxylic acids is 2. The molecule has 1 aliphatic carbocycles. The maximum atomic E-state index is 12.7. The van der Waals surface area contributed by atoms with Crippen molar-refractivity contribution in [3.63, 3.8) is 0 Å². The second-order valence-electron chi connectivity index (χ2n) is 6.84. The molecule has 4 heteroatoms. The largest absolute Gasteiger partial charge is 0.334 e. The monoisotopic (exact) mass is 314 g/mol. The summed E-state index contributed by atoms with van der Waals surface area (Å²) in [4.78, 5) is 28.7. The minimum Gasteiger partial charge on any atom is -0.334 e. The summed E-state index contributed by atoms with van der Waals surface area (Å²) in [6, 6.07) is 9.42. The fourth-order valence-corrected chi connectivity index (χ4v) is 3.84. The van der Waals surface area contributed by atoms with E-state index in [1.807, 2.05) is 30.3 Å². The van der Waals surface area contributed by atoms with Gasteiger partial charge in [-0.3, -0.25) is 9.59 Å². The first-order valence-corrected chi connectivity index (χ1v) is 8.79. The standard InChI is InChI=1S/C19H26N2O2/c1-20(18(22)14-15-8-4-2-5-9-15)17-12-13-21(19(17)23)16-10-6-3-7-11-16/h3,6-7,10-11,15,17H,2,4-5,8-9,12-14H2,1H3. The van der Waals surface area contributed by atoms with Crippen LogP contribution < -0.4 is 4.90 Å². The molecule has 2 amide bonds. The Morgan fingerprint density at radius 3 is 2.52 bits per heavy atom. The lowest BCUT2D eigenvalue weighted by Gasteiger charge is -2.27. The zero-order chi connectivity index (χ0) is 16.2. The number of likely N-dealkylation sites (N-methyl/N-ethyl adjacent to an activating group) is 1. The molecule has 1 aromatic rings. The van der Waals surface area contributed by atoms with Gasteiger partial charge in [0, 0.05) is 25.7 Å². The van der Waals surface area contributed by atoms with Crippen LogP contribution in [0.15, 0.2) is 30.3 Å². The summed E-state index contributed by atoms with van der Waals surface area (Å²) in [5.74, 6) is 0.696. The van der Waals surface area contributed by atoms with Crippen molar-refractivity contribution in [3.05, 3.63) is 30.3 Å². The van der Waals surface area contributed by atoms with Gasteiger partial charge < -0.3 is 9.80 Å². The van der Waals surface area contributed by atoms with Gasteiger partial charge in [-0.2, -0.15) is 0 Å². The molecule has 2 fully saturated rings. The molecule has 3 rings (SSSR count). The van der Waals surface area contributed by atoms with E-state index < -0.39 is 0 Å². The molecule has 1 aliphatic heterocycles. The molecule has 0 N–H and O–H groups in total. The van der Waals surface area contributed by atoms with E-state index in [0.29, 0.717) is 18.9 Å². The summed E-state index contributed by atoms with van der Waals surface area (Å²) in [6.07, 6.45) is 7.43. The first kappa shape index (κ1) is 16.0. The minimum atomic E-state index is -0.300. The predicted octanol–water partition coefficient (Wildman–Crippen LogP) is 3.22. The lowest BCUT2D eigenvalue weighted by molar-refractivity contribution is -0.137. The number of anilines is 1. The van der Waals surface area contributed by atoms with Crippen LogP contribution in [0.1, 0.15) is 44.9 Å². The minimum absolute atomic E-state index is 0.0516. The number of benzene rings is 1. The van der Waals surface area contributed by atoms with Gasteiger partial charge in [0.25, 0.3) is 0 Å². The van der Waals surface area contributed by atoms with Crippen molar-refractivity contribution >= 4 is 17.5 Å². The summed E-state index contributed by atoms with van der Waals surface area (Å²) in [6.45, 7) is 0.689. The normalized spacial score (nSPS) is 22.4. The number of hydrogen-bond acceptors (Lipinski definition) is 2. The third-order valence-corrected chi connectivity index (χ3v) is 5.29. The van der Waals surface area contributed by atoms with Crippen LogP contribution in [0.3, 0.4) is 0 Å². The van der Waals surface area contributed by atoms with Crippen molar-refractivity contribution in [1.29, 1.82) is 0 Å². The van der Waals surface area contributed by atoms with E-state index in [9.17, 15) is 9.59 Å². The van der Waals surface area contributed by atoms with Gasteiger partial charge in [-0.1, -0.05) is 37.5 Å². The molecular formula is C19H26N2O2. The molecule has 1 heterocycles. The molecule has 1 unspecified atom stereocenters. The predicted molar refractivity (Wildman–Crippen MR) is 91.2 cm³/mol. The van der Waals surface area contributed by atoms with Crippen molar-refractivity contribution in [2.24, 2.45) is 5.92 Å².